The molecule has 2 rings (SSSR count). The summed E-state index contributed by atoms with van der Waals surface area (Å²) < 4.78 is 20.4. The van der Waals surface area contributed by atoms with Gasteiger partial charge >= 0.3 is 0 Å². The lowest BCUT2D eigenvalue weighted by molar-refractivity contribution is 0.291. The first kappa shape index (κ1) is 14.9. The van der Waals surface area contributed by atoms with E-state index >= 15 is 0 Å². The highest BCUT2D eigenvalue weighted by Crippen LogP contribution is 2.20. The van der Waals surface area contributed by atoms with Crippen molar-refractivity contribution in [2.45, 2.75) is 11.8 Å². The molecule has 0 radical (unpaired) electrons. The third-order valence-electron chi connectivity index (χ3n) is 2.27. The number of ether oxygens (including phenoxy) is 1. The molecule has 5 nitrogen and oxygen atoms in total. The molecule has 0 aliphatic carbocycles. The molecule has 1 heterocycles. The highest BCUT2D eigenvalue weighted by atomic mass is 79.9. The Kier molecular flexibility index (Phi) is 5.02. The van der Waals surface area contributed by atoms with E-state index in [4.69, 9.17) is 10.6 Å². The molecule has 0 bridgehead atoms. The fraction of sp³-hybridized carbons (Fsp3) is 0.167. The van der Waals surface area contributed by atoms with Gasteiger partial charge in [0.05, 0.1) is 0 Å². The maximum atomic E-state index is 12.8. The number of thioether (sulfide) groups is 1. The fourth-order valence-electron chi connectivity index (χ4n) is 1.33. The molecule has 0 unspecified atom stereocenters. The SMILES string of the molecule is C=C(Br)CSc1nnc(COc2ccc(F)cc2)n1N. The maximum absolute atomic E-state index is 12.8. The second kappa shape index (κ2) is 6.76. The molecule has 0 aliphatic heterocycles. The Morgan fingerprint density at radius 3 is 2.75 bits per heavy atom. The van der Waals surface area contributed by atoms with Crippen LogP contribution in [0.25, 0.3) is 0 Å². The smallest absolute Gasteiger partial charge is 0.210 e. The Hall–Kier alpha value is -1.54. The van der Waals surface area contributed by atoms with Crippen LogP contribution in [0.4, 0.5) is 4.39 Å². The molecule has 1 aromatic carbocycles. The summed E-state index contributed by atoms with van der Waals surface area (Å²) in [6.45, 7) is 3.89. The number of nitrogens with zero attached hydrogens (tertiary/aromatic N) is 3. The van der Waals surface area contributed by atoms with E-state index in [1.807, 2.05) is 0 Å². The van der Waals surface area contributed by atoms with Gasteiger partial charge in [0, 0.05) is 5.75 Å². The van der Waals surface area contributed by atoms with Crippen LogP contribution in [0.3, 0.4) is 0 Å². The van der Waals surface area contributed by atoms with Gasteiger partial charge in [-0.15, -0.1) is 10.2 Å². The van der Waals surface area contributed by atoms with Gasteiger partial charge in [-0.1, -0.05) is 34.3 Å². The molecule has 0 saturated carbocycles. The number of hydrogen-bond acceptors (Lipinski definition) is 5. The van der Waals surface area contributed by atoms with Crippen LogP contribution >= 0.6 is 27.7 Å². The average Bonchev–Trinajstić information content (AvgIpc) is 2.77. The minimum Gasteiger partial charge on any atom is -0.486 e. The third kappa shape index (κ3) is 3.97. The van der Waals surface area contributed by atoms with Gasteiger partial charge in [-0.3, -0.25) is 0 Å². The minimum atomic E-state index is -0.312. The van der Waals surface area contributed by atoms with E-state index in [1.54, 1.807) is 0 Å². The van der Waals surface area contributed by atoms with Crippen molar-refractivity contribution in [2.75, 3.05) is 11.6 Å². The summed E-state index contributed by atoms with van der Waals surface area (Å²) in [5.41, 5.74) is 0. The van der Waals surface area contributed by atoms with E-state index in [9.17, 15) is 4.39 Å². The summed E-state index contributed by atoms with van der Waals surface area (Å²) >= 11 is 4.67. The molecule has 0 spiro atoms. The molecule has 0 saturated heterocycles. The topological polar surface area (TPSA) is 66.0 Å². The Balaban J connectivity index is 1.96. The molecule has 2 N–H and O–H groups in total. The van der Waals surface area contributed by atoms with Gasteiger partial charge in [0.1, 0.15) is 18.2 Å². The molecule has 20 heavy (non-hydrogen) atoms. The van der Waals surface area contributed by atoms with Crippen molar-refractivity contribution in [1.29, 1.82) is 0 Å². The van der Waals surface area contributed by atoms with Gasteiger partial charge in [-0.25, -0.2) is 9.07 Å². The molecular weight excluding hydrogens is 347 g/mol. The van der Waals surface area contributed by atoms with Crippen molar-refractivity contribution in [2.24, 2.45) is 0 Å². The number of nitrogen functional groups attached to an aromatic ring is 1. The predicted octanol–water partition coefficient (Wildman–Crippen LogP) is 2.71. The van der Waals surface area contributed by atoms with E-state index < -0.39 is 0 Å². The minimum absolute atomic E-state index is 0.158. The van der Waals surface area contributed by atoms with Crippen LogP contribution in [0.5, 0.6) is 5.75 Å². The molecular formula is C12H12BrFN4OS. The number of benzene rings is 1. The summed E-state index contributed by atoms with van der Waals surface area (Å²) in [6, 6.07) is 5.73. The van der Waals surface area contributed by atoms with Crippen LogP contribution in [0.2, 0.25) is 0 Å². The Bertz CT molecular complexity index is 602. The summed E-state index contributed by atoms with van der Waals surface area (Å²) in [5.74, 6) is 7.22. The highest BCUT2D eigenvalue weighted by molar-refractivity contribution is 9.11. The maximum Gasteiger partial charge on any atom is 0.210 e. The number of halogens is 2. The van der Waals surface area contributed by atoms with E-state index in [0.29, 0.717) is 22.5 Å². The van der Waals surface area contributed by atoms with Gasteiger partial charge < -0.3 is 10.6 Å². The Morgan fingerprint density at radius 1 is 1.40 bits per heavy atom. The zero-order valence-corrected chi connectivity index (χ0v) is 12.8. The van der Waals surface area contributed by atoms with Crippen LogP contribution in [0, 0.1) is 5.82 Å². The van der Waals surface area contributed by atoms with Gasteiger partial charge in [-0.2, -0.15) is 0 Å². The van der Waals surface area contributed by atoms with E-state index in [2.05, 4.69) is 32.7 Å². The van der Waals surface area contributed by atoms with Gasteiger partial charge in [-0.05, 0) is 28.7 Å². The molecule has 8 heteroatoms. The van der Waals surface area contributed by atoms with Crippen molar-refractivity contribution >= 4 is 27.7 Å². The largest absolute Gasteiger partial charge is 0.486 e. The molecule has 106 valence electrons. The van der Waals surface area contributed by atoms with Crippen molar-refractivity contribution in [3.63, 3.8) is 0 Å². The van der Waals surface area contributed by atoms with Crippen molar-refractivity contribution < 1.29 is 9.13 Å². The standard InChI is InChI=1S/C12H12BrFN4OS/c1-8(13)7-20-12-17-16-11(18(12)15)6-19-10-4-2-9(14)3-5-10/h2-5H,1,6-7,15H2. The van der Waals surface area contributed by atoms with Crippen LogP contribution in [0.15, 0.2) is 40.5 Å². The molecule has 1 aromatic heterocycles. The number of nitrogens with two attached hydrogens (primary N) is 1. The summed E-state index contributed by atoms with van der Waals surface area (Å²) in [6.07, 6.45) is 0. The van der Waals surface area contributed by atoms with Crippen molar-refractivity contribution in [3.8, 4) is 5.75 Å². The first-order valence-corrected chi connectivity index (χ1v) is 7.38. The second-order valence-corrected chi connectivity index (χ2v) is 5.88. The number of hydrogen-bond donors (Lipinski definition) is 1. The zero-order chi connectivity index (χ0) is 14.5. The third-order valence-corrected chi connectivity index (χ3v) is 3.96. The molecule has 0 atom stereocenters. The van der Waals surface area contributed by atoms with Crippen LogP contribution in [0.1, 0.15) is 5.82 Å². The summed E-state index contributed by atoms with van der Waals surface area (Å²) in [7, 11) is 0. The van der Waals surface area contributed by atoms with E-state index in [0.717, 1.165) is 4.48 Å². The lowest BCUT2D eigenvalue weighted by Crippen LogP contribution is -2.15. The zero-order valence-electron chi connectivity index (χ0n) is 10.4. The second-order valence-electron chi connectivity index (χ2n) is 3.82. The number of aromatic nitrogens is 3. The quantitative estimate of drug-likeness (QED) is 0.635. The van der Waals surface area contributed by atoms with Gasteiger partial charge in [0.15, 0.2) is 5.82 Å². The van der Waals surface area contributed by atoms with E-state index in [-0.39, 0.29) is 12.4 Å². The highest BCUT2D eigenvalue weighted by Gasteiger charge is 2.11. The normalized spacial score (nSPS) is 10.5. The fourth-order valence-corrected chi connectivity index (χ4v) is 2.30. The van der Waals surface area contributed by atoms with Crippen LogP contribution in [-0.2, 0) is 6.61 Å². The van der Waals surface area contributed by atoms with Crippen LogP contribution < -0.4 is 10.6 Å². The van der Waals surface area contributed by atoms with Gasteiger partial charge in [0.2, 0.25) is 5.16 Å². The molecule has 2 aromatic rings. The monoisotopic (exact) mass is 358 g/mol. The Labute approximate surface area is 128 Å². The first-order chi connectivity index (χ1) is 9.56. The molecule has 0 amide bonds. The molecule has 0 aliphatic rings. The van der Waals surface area contributed by atoms with Gasteiger partial charge in [0.25, 0.3) is 0 Å². The number of rotatable bonds is 6. The lowest BCUT2D eigenvalue weighted by Gasteiger charge is -2.06. The summed E-state index contributed by atoms with van der Waals surface area (Å²) in [5, 5.41) is 8.48. The van der Waals surface area contributed by atoms with E-state index in [1.165, 1.54) is 40.7 Å². The average molecular weight is 359 g/mol. The Morgan fingerprint density at radius 2 is 2.10 bits per heavy atom. The predicted molar refractivity (Wildman–Crippen MR) is 79.7 cm³/mol. The first-order valence-electron chi connectivity index (χ1n) is 5.60. The van der Waals surface area contributed by atoms with Crippen molar-refractivity contribution in [1.82, 2.24) is 14.9 Å². The summed E-state index contributed by atoms with van der Waals surface area (Å²) in [4.78, 5) is 0. The van der Waals surface area contributed by atoms with Crippen LogP contribution in [-0.4, -0.2) is 20.6 Å². The van der Waals surface area contributed by atoms with Crippen molar-refractivity contribution in [3.05, 3.63) is 47.0 Å². The molecule has 0 fully saturated rings. The lowest BCUT2D eigenvalue weighted by atomic mass is 10.3.